The molecule has 2 rings (SSSR count). The number of imidazole rings is 1. The summed E-state index contributed by atoms with van der Waals surface area (Å²) in [6, 6.07) is 0. The zero-order chi connectivity index (χ0) is 11.4. The van der Waals surface area contributed by atoms with Gasteiger partial charge in [-0.2, -0.15) is 0 Å². The van der Waals surface area contributed by atoms with Gasteiger partial charge in [-0.15, -0.1) is 0 Å². The summed E-state index contributed by atoms with van der Waals surface area (Å²) in [7, 11) is 0. The molecule has 2 N–H and O–H groups in total. The molecular weight excluding hydrogens is 200 g/mol. The lowest BCUT2D eigenvalue weighted by Gasteiger charge is -2.27. The van der Waals surface area contributed by atoms with Crippen LogP contribution >= 0.6 is 0 Å². The molecule has 0 radical (unpaired) electrons. The Hall–Kier alpha value is -0.870. The van der Waals surface area contributed by atoms with Crippen molar-refractivity contribution in [3.05, 3.63) is 18.2 Å². The van der Waals surface area contributed by atoms with Gasteiger partial charge in [0.15, 0.2) is 0 Å². The average Bonchev–Trinajstić information content (AvgIpc) is 2.76. The highest BCUT2D eigenvalue weighted by atomic mass is 15.2. The summed E-state index contributed by atoms with van der Waals surface area (Å²) < 4.78 is 2.25. The molecule has 4 nitrogen and oxygen atoms in total. The first-order chi connectivity index (χ1) is 7.79. The smallest absolute Gasteiger partial charge is 0.122 e. The molecule has 0 fully saturated rings. The monoisotopic (exact) mass is 222 g/mol. The number of fused-ring (bicyclic) bond motifs is 1. The van der Waals surface area contributed by atoms with Crippen LogP contribution in [0.1, 0.15) is 25.6 Å². The van der Waals surface area contributed by atoms with Crippen LogP contribution in [0.4, 0.5) is 0 Å². The van der Waals surface area contributed by atoms with Crippen molar-refractivity contribution in [2.24, 2.45) is 11.7 Å². The second kappa shape index (κ2) is 5.46. The minimum Gasteiger partial charge on any atom is -0.333 e. The predicted octanol–water partition coefficient (Wildman–Crippen LogP) is 1.07. The van der Waals surface area contributed by atoms with Crippen LogP contribution in [0.25, 0.3) is 0 Å². The third-order valence-corrected chi connectivity index (χ3v) is 3.40. The molecule has 0 bridgehead atoms. The molecular formula is C12H22N4. The molecule has 4 heteroatoms. The zero-order valence-electron chi connectivity index (χ0n) is 10.1. The van der Waals surface area contributed by atoms with E-state index < -0.39 is 0 Å². The molecule has 1 unspecified atom stereocenters. The van der Waals surface area contributed by atoms with Crippen molar-refractivity contribution in [3.63, 3.8) is 0 Å². The van der Waals surface area contributed by atoms with Crippen molar-refractivity contribution < 1.29 is 0 Å². The van der Waals surface area contributed by atoms with Gasteiger partial charge in [-0.3, -0.25) is 4.90 Å². The molecule has 16 heavy (non-hydrogen) atoms. The van der Waals surface area contributed by atoms with Gasteiger partial charge in [0, 0.05) is 25.5 Å². The molecule has 0 amide bonds. The number of nitrogens with zero attached hydrogens (tertiary/aromatic N) is 3. The molecule has 2 heterocycles. The molecule has 0 aliphatic carbocycles. The average molecular weight is 222 g/mol. The Labute approximate surface area is 97.4 Å². The minimum absolute atomic E-state index is 0.659. The van der Waals surface area contributed by atoms with Crippen molar-refractivity contribution in [2.45, 2.75) is 32.9 Å². The lowest BCUT2D eigenvalue weighted by molar-refractivity contribution is 0.209. The Morgan fingerprint density at radius 1 is 1.50 bits per heavy atom. The Bertz CT molecular complexity index is 321. The fraction of sp³-hybridized carbons (Fsp3) is 0.750. The van der Waals surface area contributed by atoms with E-state index >= 15 is 0 Å². The van der Waals surface area contributed by atoms with Crippen molar-refractivity contribution >= 4 is 0 Å². The van der Waals surface area contributed by atoms with Gasteiger partial charge in [0.2, 0.25) is 0 Å². The number of hydrogen-bond acceptors (Lipinski definition) is 3. The van der Waals surface area contributed by atoms with E-state index in [0.717, 1.165) is 26.2 Å². The summed E-state index contributed by atoms with van der Waals surface area (Å²) in [5.74, 6) is 1.87. The van der Waals surface area contributed by atoms with Gasteiger partial charge in [-0.25, -0.2) is 4.98 Å². The van der Waals surface area contributed by atoms with Gasteiger partial charge in [0.1, 0.15) is 5.82 Å². The SMILES string of the molecule is CC(CN)CCCN1CCn2ccnc2C1. The van der Waals surface area contributed by atoms with E-state index in [0.29, 0.717) is 5.92 Å². The number of nitrogens with two attached hydrogens (primary N) is 1. The normalized spacial score (nSPS) is 18.4. The largest absolute Gasteiger partial charge is 0.333 e. The van der Waals surface area contributed by atoms with E-state index in [1.165, 1.54) is 25.2 Å². The molecule has 1 aromatic heterocycles. The number of rotatable bonds is 5. The Morgan fingerprint density at radius 3 is 3.19 bits per heavy atom. The van der Waals surface area contributed by atoms with E-state index in [-0.39, 0.29) is 0 Å². The third-order valence-electron chi connectivity index (χ3n) is 3.40. The topological polar surface area (TPSA) is 47.1 Å². The van der Waals surface area contributed by atoms with E-state index in [9.17, 15) is 0 Å². The molecule has 90 valence electrons. The Balaban J connectivity index is 1.73. The van der Waals surface area contributed by atoms with Crippen molar-refractivity contribution in [3.8, 4) is 0 Å². The Kier molecular flexibility index (Phi) is 3.96. The van der Waals surface area contributed by atoms with Gasteiger partial charge in [0.05, 0.1) is 6.54 Å². The first-order valence-electron chi connectivity index (χ1n) is 6.22. The van der Waals surface area contributed by atoms with E-state index in [1.54, 1.807) is 0 Å². The fourth-order valence-corrected chi connectivity index (χ4v) is 2.20. The van der Waals surface area contributed by atoms with Crippen LogP contribution in [0.5, 0.6) is 0 Å². The Morgan fingerprint density at radius 2 is 2.38 bits per heavy atom. The van der Waals surface area contributed by atoms with Gasteiger partial charge in [0.25, 0.3) is 0 Å². The summed E-state index contributed by atoms with van der Waals surface area (Å²) in [5, 5.41) is 0. The quantitative estimate of drug-likeness (QED) is 0.811. The van der Waals surface area contributed by atoms with Crippen LogP contribution in [0.3, 0.4) is 0 Å². The van der Waals surface area contributed by atoms with E-state index in [4.69, 9.17) is 5.73 Å². The molecule has 0 aromatic carbocycles. The van der Waals surface area contributed by atoms with Crippen LogP contribution in [0.15, 0.2) is 12.4 Å². The van der Waals surface area contributed by atoms with Crippen molar-refractivity contribution in [1.29, 1.82) is 0 Å². The highest BCUT2D eigenvalue weighted by Crippen LogP contribution is 2.12. The molecule has 1 aliphatic rings. The lowest BCUT2D eigenvalue weighted by atomic mass is 10.1. The van der Waals surface area contributed by atoms with Gasteiger partial charge < -0.3 is 10.3 Å². The third kappa shape index (κ3) is 2.83. The van der Waals surface area contributed by atoms with Crippen molar-refractivity contribution in [2.75, 3.05) is 19.6 Å². The second-order valence-electron chi connectivity index (χ2n) is 4.80. The van der Waals surface area contributed by atoms with Crippen LogP contribution in [-0.2, 0) is 13.1 Å². The zero-order valence-corrected chi connectivity index (χ0v) is 10.1. The van der Waals surface area contributed by atoms with Gasteiger partial charge in [-0.05, 0) is 31.8 Å². The van der Waals surface area contributed by atoms with Crippen LogP contribution in [0, 0.1) is 5.92 Å². The second-order valence-corrected chi connectivity index (χ2v) is 4.80. The summed E-state index contributed by atoms with van der Waals surface area (Å²) in [5.41, 5.74) is 5.61. The van der Waals surface area contributed by atoms with Crippen LogP contribution in [-0.4, -0.2) is 34.1 Å². The summed E-state index contributed by atoms with van der Waals surface area (Å²) in [4.78, 5) is 6.86. The molecule has 0 saturated heterocycles. The standard InChI is InChI=1S/C12H22N4/c1-11(9-13)3-2-5-15-7-8-16-6-4-14-12(16)10-15/h4,6,11H,2-3,5,7-10,13H2,1H3. The van der Waals surface area contributed by atoms with Crippen LogP contribution in [0.2, 0.25) is 0 Å². The molecule has 1 aliphatic heterocycles. The lowest BCUT2D eigenvalue weighted by Crippen LogP contribution is -2.34. The maximum atomic E-state index is 5.61. The predicted molar refractivity (Wildman–Crippen MR) is 65.0 cm³/mol. The van der Waals surface area contributed by atoms with E-state index in [1.807, 2.05) is 6.20 Å². The molecule has 0 spiro atoms. The fourth-order valence-electron chi connectivity index (χ4n) is 2.20. The maximum Gasteiger partial charge on any atom is 0.122 e. The first-order valence-corrected chi connectivity index (χ1v) is 6.22. The van der Waals surface area contributed by atoms with E-state index in [2.05, 4.69) is 27.6 Å². The maximum absolute atomic E-state index is 5.61. The molecule has 1 aromatic rings. The van der Waals surface area contributed by atoms with Gasteiger partial charge >= 0.3 is 0 Å². The van der Waals surface area contributed by atoms with Gasteiger partial charge in [-0.1, -0.05) is 6.92 Å². The highest BCUT2D eigenvalue weighted by molar-refractivity contribution is 4.95. The van der Waals surface area contributed by atoms with Crippen LogP contribution < -0.4 is 5.73 Å². The first kappa shape index (κ1) is 11.6. The summed E-state index contributed by atoms with van der Waals surface area (Å²) >= 11 is 0. The molecule has 0 saturated carbocycles. The summed E-state index contributed by atoms with van der Waals surface area (Å²) in [6.07, 6.45) is 6.46. The highest BCUT2D eigenvalue weighted by Gasteiger charge is 2.15. The molecule has 1 atom stereocenters. The van der Waals surface area contributed by atoms with Crippen molar-refractivity contribution in [1.82, 2.24) is 14.5 Å². The minimum atomic E-state index is 0.659. The number of hydrogen-bond donors (Lipinski definition) is 1. The number of aromatic nitrogens is 2. The summed E-state index contributed by atoms with van der Waals surface area (Å²) in [6.45, 7) is 7.46.